The van der Waals surface area contributed by atoms with Crippen LogP contribution in [0, 0.1) is 0 Å². The molecule has 0 fully saturated rings. The number of benzene rings is 1. The molecule has 6 heteroatoms. The summed E-state index contributed by atoms with van der Waals surface area (Å²) in [7, 11) is 1.39. The van der Waals surface area contributed by atoms with Gasteiger partial charge in [-0.15, -0.1) is 0 Å². The van der Waals surface area contributed by atoms with Gasteiger partial charge in [0.1, 0.15) is 5.75 Å². The molecule has 0 bridgehead atoms. The minimum Gasteiger partial charge on any atom is -0.508 e. The zero-order chi connectivity index (χ0) is 13.1. The van der Waals surface area contributed by atoms with Crippen molar-refractivity contribution < 1.29 is 23.1 Å². The molecule has 1 amide bonds. The third-order valence-corrected chi connectivity index (χ3v) is 2.23. The fourth-order valence-corrected chi connectivity index (χ4v) is 1.24. The highest BCUT2D eigenvalue weighted by Crippen LogP contribution is 2.23. The summed E-state index contributed by atoms with van der Waals surface area (Å²) in [6.07, 6.45) is -6.04. The Kier molecular flexibility index (Phi) is 3.98. The van der Waals surface area contributed by atoms with Crippen LogP contribution in [0.25, 0.3) is 0 Å². The molecule has 0 spiro atoms. The number of phenolic OH excluding ortho intramolecular Hbond substituents is 1. The van der Waals surface area contributed by atoms with Gasteiger partial charge in [0.05, 0.1) is 6.42 Å². The number of aromatic hydroxyl groups is 1. The lowest BCUT2D eigenvalue weighted by Gasteiger charge is -2.17. The quantitative estimate of drug-likeness (QED) is 0.892. The number of halogens is 3. The summed E-state index contributed by atoms with van der Waals surface area (Å²) in [5.74, 6) is -0.585. The number of carbonyl (C=O) groups is 1. The Balaban J connectivity index is 2.61. The molecular formula is C11H12F3NO2. The molecule has 1 N–H and O–H groups in total. The van der Waals surface area contributed by atoms with Crippen molar-refractivity contribution in [2.45, 2.75) is 19.0 Å². The van der Waals surface area contributed by atoms with E-state index in [1.807, 2.05) is 0 Å². The van der Waals surface area contributed by atoms with Gasteiger partial charge in [-0.25, -0.2) is 0 Å². The van der Waals surface area contributed by atoms with E-state index in [9.17, 15) is 18.0 Å². The van der Waals surface area contributed by atoms with Crippen molar-refractivity contribution >= 4 is 11.6 Å². The highest BCUT2D eigenvalue weighted by atomic mass is 19.4. The molecule has 94 valence electrons. The van der Waals surface area contributed by atoms with E-state index in [1.54, 1.807) is 0 Å². The first-order valence-electron chi connectivity index (χ1n) is 4.92. The molecule has 1 aromatic carbocycles. The lowest BCUT2D eigenvalue weighted by Crippen LogP contribution is -2.27. The predicted octanol–water partition coefficient (Wildman–Crippen LogP) is 2.70. The zero-order valence-corrected chi connectivity index (χ0v) is 9.16. The van der Waals surface area contributed by atoms with Crippen molar-refractivity contribution in [3.63, 3.8) is 0 Å². The number of hydrogen-bond donors (Lipinski definition) is 1. The van der Waals surface area contributed by atoms with Crippen molar-refractivity contribution in [2.24, 2.45) is 0 Å². The van der Waals surface area contributed by atoms with Gasteiger partial charge >= 0.3 is 6.18 Å². The summed E-state index contributed by atoms with van der Waals surface area (Å²) >= 11 is 0. The maximum Gasteiger partial charge on any atom is 0.389 e. The van der Waals surface area contributed by atoms with Crippen LogP contribution in [0.2, 0.25) is 0 Å². The molecule has 0 atom stereocenters. The topological polar surface area (TPSA) is 40.5 Å². The molecule has 0 unspecified atom stereocenters. The molecule has 0 heterocycles. The summed E-state index contributed by atoms with van der Waals surface area (Å²) in [6.45, 7) is 0. The van der Waals surface area contributed by atoms with Crippen LogP contribution < -0.4 is 4.90 Å². The van der Waals surface area contributed by atoms with Crippen LogP contribution in [0.4, 0.5) is 18.9 Å². The number of anilines is 1. The van der Waals surface area contributed by atoms with Gasteiger partial charge in [-0.2, -0.15) is 13.2 Å². The molecule has 0 saturated heterocycles. The number of hydrogen-bond acceptors (Lipinski definition) is 2. The third-order valence-electron chi connectivity index (χ3n) is 2.23. The van der Waals surface area contributed by atoms with Crippen LogP contribution >= 0.6 is 0 Å². The smallest absolute Gasteiger partial charge is 0.389 e. The maximum absolute atomic E-state index is 11.9. The van der Waals surface area contributed by atoms with Gasteiger partial charge in [0.2, 0.25) is 5.91 Å². The van der Waals surface area contributed by atoms with Crippen molar-refractivity contribution in [1.29, 1.82) is 0 Å². The minimum atomic E-state index is -4.33. The van der Waals surface area contributed by atoms with Crippen LogP contribution in [0.1, 0.15) is 12.8 Å². The first kappa shape index (κ1) is 13.3. The Morgan fingerprint density at radius 1 is 1.29 bits per heavy atom. The van der Waals surface area contributed by atoms with Gasteiger partial charge < -0.3 is 10.0 Å². The average molecular weight is 247 g/mol. The lowest BCUT2D eigenvalue weighted by molar-refractivity contribution is -0.142. The van der Waals surface area contributed by atoms with E-state index in [0.717, 1.165) is 4.90 Å². The minimum absolute atomic E-state index is 0.0323. The Bertz CT molecular complexity index is 387. The number of rotatable bonds is 3. The lowest BCUT2D eigenvalue weighted by atomic mass is 10.2. The molecule has 0 radical (unpaired) electrons. The van der Waals surface area contributed by atoms with Gasteiger partial charge in [-0.1, -0.05) is 0 Å². The fourth-order valence-electron chi connectivity index (χ4n) is 1.24. The second-order valence-corrected chi connectivity index (χ2v) is 3.58. The van der Waals surface area contributed by atoms with E-state index in [2.05, 4.69) is 0 Å². The number of amides is 1. The van der Waals surface area contributed by atoms with Crippen LogP contribution in [0.15, 0.2) is 24.3 Å². The monoisotopic (exact) mass is 247 g/mol. The first-order valence-corrected chi connectivity index (χ1v) is 4.92. The fraction of sp³-hybridized carbons (Fsp3) is 0.364. The van der Waals surface area contributed by atoms with Gasteiger partial charge in [0.25, 0.3) is 0 Å². The summed E-state index contributed by atoms with van der Waals surface area (Å²) in [5.41, 5.74) is 0.440. The third kappa shape index (κ3) is 4.34. The Labute approximate surface area is 96.5 Å². The zero-order valence-electron chi connectivity index (χ0n) is 9.16. The number of alkyl halides is 3. The molecule has 1 rings (SSSR count). The largest absolute Gasteiger partial charge is 0.508 e. The van der Waals surface area contributed by atoms with Crippen LogP contribution in [-0.4, -0.2) is 24.2 Å². The van der Waals surface area contributed by atoms with Gasteiger partial charge in [0, 0.05) is 19.2 Å². The predicted molar refractivity (Wildman–Crippen MR) is 56.8 cm³/mol. The average Bonchev–Trinajstić information content (AvgIpc) is 2.25. The molecule has 3 nitrogen and oxygen atoms in total. The summed E-state index contributed by atoms with van der Waals surface area (Å²) < 4.78 is 35.8. The molecule has 0 aliphatic rings. The van der Waals surface area contributed by atoms with E-state index in [0.29, 0.717) is 5.69 Å². The number of carbonyl (C=O) groups excluding carboxylic acids is 1. The van der Waals surface area contributed by atoms with Gasteiger partial charge in [0.15, 0.2) is 0 Å². The Morgan fingerprint density at radius 2 is 1.82 bits per heavy atom. The standard InChI is InChI=1S/C11H12F3NO2/c1-15(8-2-4-9(16)5-3-8)10(17)6-7-11(12,13)14/h2-5,16H,6-7H2,1H3. The van der Waals surface area contributed by atoms with Crippen LogP contribution in [-0.2, 0) is 4.79 Å². The molecule has 0 saturated carbocycles. The molecule has 0 aliphatic heterocycles. The number of phenols is 1. The van der Waals surface area contributed by atoms with Crippen molar-refractivity contribution in [1.82, 2.24) is 0 Å². The van der Waals surface area contributed by atoms with Crippen molar-refractivity contribution in [3.8, 4) is 5.75 Å². The first-order chi connectivity index (χ1) is 7.79. The summed E-state index contributed by atoms with van der Waals surface area (Å²) in [6, 6.07) is 5.65. The Morgan fingerprint density at radius 3 is 2.29 bits per heavy atom. The number of nitrogens with zero attached hydrogens (tertiary/aromatic N) is 1. The van der Waals surface area contributed by atoms with E-state index in [4.69, 9.17) is 5.11 Å². The highest BCUT2D eigenvalue weighted by Gasteiger charge is 2.28. The normalized spacial score (nSPS) is 11.3. The van der Waals surface area contributed by atoms with Crippen LogP contribution in [0.3, 0.4) is 0 Å². The Hall–Kier alpha value is -1.72. The molecule has 0 aliphatic carbocycles. The van der Waals surface area contributed by atoms with E-state index in [1.165, 1.54) is 31.3 Å². The van der Waals surface area contributed by atoms with Gasteiger partial charge in [-0.3, -0.25) is 4.79 Å². The highest BCUT2D eigenvalue weighted by molar-refractivity contribution is 5.92. The molecule has 0 aromatic heterocycles. The van der Waals surface area contributed by atoms with Gasteiger partial charge in [-0.05, 0) is 24.3 Å². The van der Waals surface area contributed by atoms with Crippen molar-refractivity contribution in [2.75, 3.05) is 11.9 Å². The van der Waals surface area contributed by atoms with Crippen LogP contribution in [0.5, 0.6) is 5.75 Å². The molecule has 17 heavy (non-hydrogen) atoms. The van der Waals surface area contributed by atoms with E-state index in [-0.39, 0.29) is 5.75 Å². The molecular weight excluding hydrogens is 235 g/mol. The maximum atomic E-state index is 11.9. The second-order valence-electron chi connectivity index (χ2n) is 3.58. The van der Waals surface area contributed by atoms with Crippen molar-refractivity contribution in [3.05, 3.63) is 24.3 Å². The SMILES string of the molecule is CN(C(=O)CCC(F)(F)F)c1ccc(O)cc1. The summed E-state index contributed by atoms with van der Waals surface area (Å²) in [4.78, 5) is 12.6. The summed E-state index contributed by atoms with van der Waals surface area (Å²) in [5, 5.41) is 9.03. The van der Waals surface area contributed by atoms with E-state index >= 15 is 0 Å². The van der Waals surface area contributed by atoms with E-state index < -0.39 is 24.9 Å². The molecule has 1 aromatic rings. The second kappa shape index (κ2) is 5.07.